The van der Waals surface area contributed by atoms with Gasteiger partial charge in [-0.15, -0.1) is 0 Å². The second-order valence-electron chi connectivity index (χ2n) is 5.22. The van der Waals surface area contributed by atoms with Gasteiger partial charge in [-0.3, -0.25) is 4.72 Å². The molecule has 0 fully saturated rings. The molecule has 0 saturated carbocycles. The molecule has 0 bridgehead atoms. The van der Waals surface area contributed by atoms with Crippen molar-refractivity contribution >= 4 is 27.1 Å². The Kier molecular flexibility index (Phi) is 5.44. The van der Waals surface area contributed by atoms with Crippen molar-refractivity contribution in [2.75, 3.05) is 22.4 Å². The summed E-state index contributed by atoms with van der Waals surface area (Å²) in [6.45, 7) is 1.98. The summed E-state index contributed by atoms with van der Waals surface area (Å²) >= 11 is 0. The zero-order chi connectivity index (χ0) is 16.0. The summed E-state index contributed by atoms with van der Waals surface area (Å²) in [6.07, 6.45) is 1.53. The number of hydrogen-bond donors (Lipinski definition) is 1. The fourth-order valence-electron chi connectivity index (χ4n) is 2.12. The van der Waals surface area contributed by atoms with E-state index in [0.29, 0.717) is 12.1 Å². The number of nitrogens with one attached hydrogen (secondary N) is 1. The van der Waals surface area contributed by atoms with E-state index < -0.39 is 10.0 Å². The van der Waals surface area contributed by atoms with Gasteiger partial charge in [0.15, 0.2) is 0 Å². The van der Waals surface area contributed by atoms with Crippen molar-refractivity contribution in [1.82, 2.24) is 0 Å². The van der Waals surface area contributed by atoms with Crippen LogP contribution in [-0.4, -0.2) is 21.2 Å². The Bertz CT molecular complexity index is 682. The molecule has 0 aliphatic heterocycles. The maximum absolute atomic E-state index is 11.9. The van der Waals surface area contributed by atoms with Crippen molar-refractivity contribution in [3.63, 3.8) is 0 Å². The Balaban J connectivity index is 2.07. The average Bonchev–Trinajstić information content (AvgIpc) is 2.53. The molecule has 1 N–H and O–H groups in total. The lowest BCUT2D eigenvalue weighted by Gasteiger charge is -2.19. The molecular formula is C17H22N2O2S. The molecule has 0 spiro atoms. The molecule has 0 atom stereocenters. The molecule has 2 aromatic rings. The van der Waals surface area contributed by atoms with Crippen LogP contribution in [0.5, 0.6) is 0 Å². The monoisotopic (exact) mass is 318 g/mol. The summed E-state index contributed by atoms with van der Waals surface area (Å²) in [5, 5.41) is 0. The van der Waals surface area contributed by atoms with Crippen molar-refractivity contribution in [3.8, 4) is 0 Å². The van der Waals surface area contributed by atoms with Gasteiger partial charge < -0.3 is 4.90 Å². The fourth-order valence-corrected chi connectivity index (χ4v) is 3.38. The number of sulfonamides is 1. The number of hydrogen-bond acceptors (Lipinski definition) is 3. The molecular weight excluding hydrogens is 296 g/mol. The molecule has 0 aromatic heterocycles. The minimum absolute atomic E-state index is 0.162. The van der Waals surface area contributed by atoms with E-state index in [1.54, 1.807) is 12.1 Å². The number of unbranched alkanes of at least 4 members (excludes halogenated alkanes) is 1. The summed E-state index contributed by atoms with van der Waals surface area (Å²) in [5.74, 6) is 0.162. The topological polar surface area (TPSA) is 49.4 Å². The standard InChI is InChI=1S/C17H22N2O2S/c1-3-4-14-22(20,21)18-15-10-12-17(13-11-15)19(2)16-8-6-5-7-9-16/h5-13,18H,3-4,14H2,1-2H3. The summed E-state index contributed by atoms with van der Waals surface area (Å²) < 4.78 is 26.4. The van der Waals surface area contributed by atoms with Crippen LogP contribution in [0.15, 0.2) is 54.6 Å². The highest BCUT2D eigenvalue weighted by molar-refractivity contribution is 7.92. The molecule has 0 aliphatic rings. The first kappa shape index (κ1) is 16.4. The normalized spacial score (nSPS) is 11.2. The minimum atomic E-state index is -3.25. The van der Waals surface area contributed by atoms with Crippen LogP contribution in [-0.2, 0) is 10.0 Å². The van der Waals surface area contributed by atoms with Gasteiger partial charge in [0.05, 0.1) is 5.75 Å². The van der Waals surface area contributed by atoms with E-state index >= 15 is 0 Å². The molecule has 5 heteroatoms. The van der Waals surface area contributed by atoms with Crippen molar-refractivity contribution in [2.24, 2.45) is 0 Å². The number of benzene rings is 2. The second-order valence-corrected chi connectivity index (χ2v) is 7.06. The van der Waals surface area contributed by atoms with Crippen LogP contribution in [0.4, 0.5) is 17.1 Å². The quantitative estimate of drug-likeness (QED) is 0.839. The molecule has 4 nitrogen and oxygen atoms in total. The molecule has 2 aromatic carbocycles. The first-order chi connectivity index (χ1) is 10.5. The van der Waals surface area contributed by atoms with Gasteiger partial charge >= 0.3 is 0 Å². The third-order valence-corrected chi connectivity index (χ3v) is 4.81. The molecule has 2 rings (SSSR count). The van der Waals surface area contributed by atoms with E-state index in [0.717, 1.165) is 17.8 Å². The van der Waals surface area contributed by atoms with Gasteiger partial charge in [0.1, 0.15) is 0 Å². The van der Waals surface area contributed by atoms with Gasteiger partial charge in [0.25, 0.3) is 0 Å². The van der Waals surface area contributed by atoms with Gasteiger partial charge in [0, 0.05) is 24.1 Å². The Morgan fingerprint density at radius 3 is 2.14 bits per heavy atom. The third kappa shape index (κ3) is 4.49. The molecule has 0 radical (unpaired) electrons. The predicted octanol–water partition coefficient (Wildman–Crippen LogP) is 4.00. The van der Waals surface area contributed by atoms with Crippen LogP contribution in [0.1, 0.15) is 19.8 Å². The molecule has 22 heavy (non-hydrogen) atoms. The van der Waals surface area contributed by atoms with Crippen LogP contribution in [0.3, 0.4) is 0 Å². The van der Waals surface area contributed by atoms with Gasteiger partial charge in [-0.2, -0.15) is 0 Å². The summed E-state index contributed by atoms with van der Waals surface area (Å²) in [4.78, 5) is 2.05. The van der Waals surface area contributed by atoms with Gasteiger partial charge in [-0.25, -0.2) is 8.42 Å². The van der Waals surface area contributed by atoms with E-state index in [1.165, 1.54) is 0 Å². The maximum Gasteiger partial charge on any atom is 0.232 e. The lowest BCUT2D eigenvalue weighted by molar-refractivity contribution is 0.598. The molecule has 0 saturated heterocycles. The van der Waals surface area contributed by atoms with Crippen LogP contribution < -0.4 is 9.62 Å². The fraction of sp³-hybridized carbons (Fsp3) is 0.294. The van der Waals surface area contributed by atoms with E-state index in [2.05, 4.69) is 9.62 Å². The smallest absolute Gasteiger partial charge is 0.232 e. The SMILES string of the molecule is CCCCS(=O)(=O)Nc1ccc(N(C)c2ccccc2)cc1. The van der Waals surface area contributed by atoms with E-state index in [9.17, 15) is 8.42 Å². The van der Waals surface area contributed by atoms with E-state index in [4.69, 9.17) is 0 Å². The Morgan fingerprint density at radius 1 is 0.955 bits per heavy atom. The van der Waals surface area contributed by atoms with Crippen LogP contribution in [0.25, 0.3) is 0 Å². The van der Waals surface area contributed by atoms with Crippen LogP contribution in [0.2, 0.25) is 0 Å². The Hall–Kier alpha value is -2.01. The summed E-state index contributed by atoms with van der Waals surface area (Å²) in [6, 6.07) is 17.4. The predicted molar refractivity (Wildman–Crippen MR) is 93.3 cm³/mol. The van der Waals surface area contributed by atoms with Crippen molar-refractivity contribution in [1.29, 1.82) is 0 Å². The van der Waals surface area contributed by atoms with Crippen LogP contribution in [0, 0.1) is 0 Å². The molecule has 0 aliphatic carbocycles. The Morgan fingerprint density at radius 2 is 1.55 bits per heavy atom. The first-order valence-electron chi connectivity index (χ1n) is 7.41. The largest absolute Gasteiger partial charge is 0.345 e. The number of nitrogens with zero attached hydrogens (tertiary/aromatic N) is 1. The first-order valence-corrected chi connectivity index (χ1v) is 9.06. The van der Waals surface area contributed by atoms with Gasteiger partial charge in [-0.1, -0.05) is 31.5 Å². The lowest BCUT2D eigenvalue weighted by Crippen LogP contribution is -2.16. The van der Waals surface area contributed by atoms with E-state index in [1.807, 2.05) is 56.4 Å². The zero-order valence-electron chi connectivity index (χ0n) is 13.0. The molecule has 0 heterocycles. The van der Waals surface area contributed by atoms with Crippen molar-refractivity contribution in [2.45, 2.75) is 19.8 Å². The maximum atomic E-state index is 11.9. The number of rotatable bonds is 7. The average molecular weight is 318 g/mol. The minimum Gasteiger partial charge on any atom is -0.345 e. The Labute approximate surface area is 132 Å². The van der Waals surface area contributed by atoms with Gasteiger partial charge in [0.2, 0.25) is 10.0 Å². The van der Waals surface area contributed by atoms with Crippen molar-refractivity contribution < 1.29 is 8.42 Å². The van der Waals surface area contributed by atoms with Crippen molar-refractivity contribution in [3.05, 3.63) is 54.6 Å². The highest BCUT2D eigenvalue weighted by atomic mass is 32.2. The van der Waals surface area contributed by atoms with E-state index in [-0.39, 0.29) is 5.75 Å². The molecule has 0 unspecified atom stereocenters. The molecule has 0 amide bonds. The zero-order valence-corrected chi connectivity index (χ0v) is 13.8. The number of para-hydroxylation sites is 1. The van der Waals surface area contributed by atoms with Gasteiger partial charge in [-0.05, 0) is 42.8 Å². The summed E-state index contributed by atoms with van der Waals surface area (Å²) in [7, 11) is -1.26. The second kappa shape index (κ2) is 7.31. The van der Waals surface area contributed by atoms with Crippen LogP contribution >= 0.6 is 0 Å². The lowest BCUT2D eigenvalue weighted by atomic mass is 10.2. The number of anilines is 3. The molecule has 118 valence electrons. The summed E-state index contributed by atoms with van der Waals surface area (Å²) in [5.41, 5.74) is 2.68. The highest BCUT2D eigenvalue weighted by Crippen LogP contribution is 2.24. The highest BCUT2D eigenvalue weighted by Gasteiger charge is 2.10. The third-order valence-electron chi connectivity index (χ3n) is 3.44.